The summed E-state index contributed by atoms with van der Waals surface area (Å²) in [7, 11) is 0. The van der Waals surface area contributed by atoms with E-state index in [1.165, 1.54) is 12.1 Å². The van der Waals surface area contributed by atoms with Gasteiger partial charge in [0, 0.05) is 0 Å². The Kier molecular flexibility index (Phi) is 5.53. The van der Waals surface area contributed by atoms with E-state index in [1.807, 2.05) is 0 Å². The van der Waals surface area contributed by atoms with Crippen molar-refractivity contribution in [3.8, 4) is 0 Å². The van der Waals surface area contributed by atoms with Crippen molar-refractivity contribution in [1.29, 1.82) is 0 Å². The van der Waals surface area contributed by atoms with Crippen LogP contribution in [0.4, 0.5) is 11.4 Å². The summed E-state index contributed by atoms with van der Waals surface area (Å²) in [6.45, 7) is 1.50. The van der Waals surface area contributed by atoms with Crippen LogP contribution in [0.1, 0.15) is 6.92 Å². The van der Waals surface area contributed by atoms with E-state index in [0.717, 1.165) is 0 Å². The molecular formula is C14H18N4O7Se. The van der Waals surface area contributed by atoms with Crippen LogP contribution in [0.15, 0.2) is 12.1 Å². The molecule has 1 aliphatic rings. The summed E-state index contributed by atoms with van der Waals surface area (Å²) in [5.74, 6) is 0. The van der Waals surface area contributed by atoms with E-state index in [-0.39, 0.29) is 11.2 Å². The number of aliphatic hydroxyl groups is 4. The van der Waals surface area contributed by atoms with Gasteiger partial charge in [-0.15, -0.1) is 0 Å². The summed E-state index contributed by atoms with van der Waals surface area (Å²) in [4.78, 5) is 12.2. The van der Waals surface area contributed by atoms with E-state index >= 15 is 0 Å². The summed E-state index contributed by atoms with van der Waals surface area (Å²) in [5.41, 5.74) is 0.765. The van der Waals surface area contributed by atoms with E-state index in [4.69, 9.17) is 4.74 Å². The van der Waals surface area contributed by atoms with Gasteiger partial charge in [0.05, 0.1) is 0 Å². The molecule has 142 valence electrons. The molecule has 0 spiro atoms. The minimum atomic E-state index is -1.49. The van der Waals surface area contributed by atoms with Gasteiger partial charge in [0.15, 0.2) is 0 Å². The first kappa shape index (κ1) is 19.1. The third kappa shape index (κ3) is 3.09. The molecule has 0 amide bonds. The fourth-order valence-corrected chi connectivity index (χ4v) is 4.36. The molecule has 0 radical (unpaired) electrons. The number of benzene rings is 1. The average Bonchev–Trinajstić information content (AvgIpc) is 3.10. The van der Waals surface area contributed by atoms with Crippen molar-refractivity contribution >= 4 is 37.4 Å². The first-order valence-electron chi connectivity index (χ1n) is 7.87. The molecule has 26 heavy (non-hydrogen) atoms. The van der Waals surface area contributed by atoms with Gasteiger partial charge in [-0.05, 0) is 0 Å². The number of nitrogens with zero attached hydrogens (tertiary/aromatic N) is 4. The minimum absolute atomic E-state index is 0.163. The van der Waals surface area contributed by atoms with Crippen LogP contribution in [0.25, 0.3) is 11.0 Å². The summed E-state index contributed by atoms with van der Waals surface area (Å²) < 4.78 is 13.6. The predicted octanol–water partition coefficient (Wildman–Crippen LogP) is -1.78. The van der Waals surface area contributed by atoms with Crippen molar-refractivity contribution in [2.75, 3.05) is 18.1 Å². The molecule has 4 N–H and O–H groups in total. The van der Waals surface area contributed by atoms with Gasteiger partial charge in [0.1, 0.15) is 0 Å². The van der Waals surface area contributed by atoms with Gasteiger partial charge in [-0.2, -0.15) is 0 Å². The first-order valence-corrected chi connectivity index (χ1v) is 9.40. The number of fused-ring (bicyclic) bond motifs is 1. The van der Waals surface area contributed by atoms with Gasteiger partial charge >= 0.3 is 153 Å². The number of nitro benzene ring substituents is 1. The Hall–Kier alpha value is -1.66. The second-order valence-electron chi connectivity index (χ2n) is 5.83. The van der Waals surface area contributed by atoms with Crippen LogP contribution < -0.4 is 4.90 Å². The normalized spacial score (nSPS) is 29.0. The second kappa shape index (κ2) is 7.53. The molecule has 1 aliphatic heterocycles. The van der Waals surface area contributed by atoms with Gasteiger partial charge in [0.2, 0.25) is 0 Å². The molecule has 1 fully saturated rings. The molecule has 11 nitrogen and oxygen atoms in total. The Balaban J connectivity index is 2.04. The Morgan fingerprint density at radius 2 is 1.96 bits per heavy atom. The zero-order chi connectivity index (χ0) is 19.0. The summed E-state index contributed by atoms with van der Waals surface area (Å²) in [6, 6.07) is 1.73. The summed E-state index contributed by atoms with van der Waals surface area (Å²) >= 11 is -0.523. The van der Waals surface area contributed by atoms with Crippen LogP contribution >= 0.6 is 0 Å². The Morgan fingerprint density at radius 3 is 2.58 bits per heavy atom. The van der Waals surface area contributed by atoms with E-state index in [0.29, 0.717) is 17.7 Å². The molecule has 2 aromatic rings. The number of rotatable bonds is 5. The Labute approximate surface area is 153 Å². The van der Waals surface area contributed by atoms with Gasteiger partial charge in [-0.3, -0.25) is 0 Å². The van der Waals surface area contributed by atoms with Crippen molar-refractivity contribution in [2.45, 2.75) is 37.6 Å². The third-order valence-corrected chi connectivity index (χ3v) is 5.56. The van der Waals surface area contributed by atoms with Crippen LogP contribution in [0.2, 0.25) is 0 Å². The molecule has 1 aromatic heterocycles. The number of aliphatic hydroxyl groups excluding tert-OH is 4. The standard InChI is InChI=1S/C14H18N4O7Se/c1-2-17(11-13(21)12(20)8(5-19)25-14(11)22)6-3-4-7(18(23)24)10-9(6)15-26-16-10/h3-4,8,11-14,19-22H,2,5H2,1H3/t8-,11-,12-,13-,14-/m1/s1. The fourth-order valence-electron chi connectivity index (χ4n) is 3.18. The van der Waals surface area contributed by atoms with Crippen molar-refractivity contribution in [3.63, 3.8) is 0 Å². The van der Waals surface area contributed by atoms with Crippen LogP contribution in [0, 0.1) is 10.1 Å². The molecule has 3 rings (SSSR count). The molecule has 0 aliphatic carbocycles. The van der Waals surface area contributed by atoms with Crippen molar-refractivity contribution in [2.24, 2.45) is 0 Å². The monoisotopic (exact) mass is 434 g/mol. The molecule has 0 bridgehead atoms. The molecule has 1 saturated heterocycles. The van der Waals surface area contributed by atoms with Gasteiger partial charge in [0.25, 0.3) is 0 Å². The molecule has 1 aromatic carbocycles. The number of non-ortho nitro benzene ring substituents is 1. The maximum atomic E-state index is 11.2. The maximum absolute atomic E-state index is 11.2. The average molecular weight is 433 g/mol. The predicted molar refractivity (Wildman–Crippen MR) is 89.9 cm³/mol. The van der Waals surface area contributed by atoms with Crippen molar-refractivity contribution < 1.29 is 30.1 Å². The molecule has 2 heterocycles. The topological polar surface area (TPSA) is 162 Å². The van der Waals surface area contributed by atoms with Gasteiger partial charge in [-0.25, -0.2) is 0 Å². The number of hydrogen-bond donors (Lipinski definition) is 4. The van der Waals surface area contributed by atoms with E-state index in [2.05, 4.69) is 7.96 Å². The quantitative estimate of drug-likeness (QED) is 0.241. The molecular weight excluding hydrogens is 415 g/mol. The number of aromatic nitrogens is 2. The van der Waals surface area contributed by atoms with E-state index in [9.17, 15) is 30.5 Å². The van der Waals surface area contributed by atoms with Crippen molar-refractivity contribution in [3.05, 3.63) is 22.2 Å². The SMILES string of the molecule is CCN(c1ccc([N+](=O)[O-])c2n[se]nc12)[C@@H]1[C@@H](O)[C@H](O)[C@@H](CO)O[C@H]1O. The molecule has 0 unspecified atom stereocenters. The first-order chi connectivity index (χ1) is 12.4. The fraction of sp³-hybridized carbons (Fsp3) is 0.571. The van der Waals surface area contributed by atoms with Gasteiger partial charge < -0.3 is 0 Å². The molecule has 0 saturated carbocycles. The molecule has 12 heteroatoms. The number of likely N-dealkylation sites (N-methyl/N-ethyl adjacent to an activating group) is 1. The summed E-state index contributed by atoms with van der Waals surface area (Å²) in [5, 5.41) is 51.3. The zero-order valence-corrected chi connectivity index (χ0v) is 15.4. The number of nitro groups is 1. The second-order valence-corrected chi connectivity index (χ2v) is 6.94. The number of ether oxygens (including phenoxy) is 1. The van der Waals surface area contributed by atoms with Crippen LogP contribution in [0.3, 0.4) is 0 Å². The van der Waals surface area contributed by atoms with E-state index in [1.54, 1.807) is 11.8 Å². The third-order valence-electron chi connectivity index (χ3n) is 4.45. The van der Waals surface area contributed by atoms with Gasteiger partial charge in [-0.1, -0.05) is 0 Å². The van der Waals surface area contributed by atoms with Crippen molar-refractivity contribution in [1.82, 2.24) is 7.96 Å². The Bertz CT molecular complexity index is 803. The Morgan fingerprint density at radius 1 is 1.27 bits per heavy atom. The van der Waals surface area contributed by atoms with E-state index < -0.39 is 57.1 Å². The number of anilines is 1. The van der Waals surface area contributed by atoms with Crippen LogP contribution in [-0.4, -0.2) is 92.1 Å². The van der Waals surface area contributed by atoms with Crippen LogP contribution in [-0.2, 0) is 4.74 Å². The summed E-state index contributed by atoms with van der Waals surface area (Å²) in [6.07, 6.45) is -5.41. The molecule has 5 atom stereocenters. The zero-order valence-electron chi connectivity index (χ0n) is 13.7. The van der Waals surface area contributed by atoms with Crippen LogP contribution in [0.5, 0.6) is 0 Å². The number of hydrogen-bond acceptors (Lipinski definition) is 10.